The van der Waals surface area contributed by atoms with E-state index in [-0.39, 0.29) is 29.8 Å². The third kappa shape index (κ3) is 8.47. The first kappa shape index (κ1) is 29.0. The van der Waals surface area contributed by atoms with Crippen molar-refractivity contribution in [2.75, 3.05) is 18.9 Å². The van der Waals surface area contributed by atoms with E-state index in [1.54, 1.807) is 13.1 Å². The van der Waals surface area contributed by atoms with Gasteiger partial charge >= 0.3 is 0 Å². The van der Waals surface area contributed by atoms with E-state index in [1.807, 2.05) is 18.2 Å². The van der Waals surface area contributed by atoms with Gasteiger partial charge in [0, 0.05) is 38.0 Å². The van der Waals surface area contributed by atoms with E-state index in [0.29, 0.717) is 17.3 Å². The van der Waals surface area contributed by atoms with Crippen molar-refractivity contribution in [2.45, 2.75) is 38.5 Å². The Kier molecular flexibility index (Phi) is 10.5. The maximum atomic E-state index is 13.8. The Hall–Kier alpha value is -3.60. The lowest BCUT2D eigenvalue weighted by molar-refractivity contribution is 0.0827. The second kappa shape index (κ2) is 13.8. The van der Waals surface area contributed by atoms with Crippen molar-refractivity contribution in [1.82, 2.24) is 16.0 Å². The van der Waals surface area contributed by atoms with E-state index in [9.17, 15) is 23.8 Å². The highest BCUT2D eigenvalue weighted by Crippen LogP contribution is 2.22. The van der Waals surface area contributed by atoms with Crippen molar-refractivity contribution in [3.05, 3.63) is 94.6 Å². The van der Waals surface area contributed by atoms with Gasteiger partial charge in [-0.2, -0.15) is 0 Å². The highest BCUT2D eigenvalue weighted by molar-refractivity contribution is 7.80. The number of thiocarbonyl (C=S) groups is 1. The minimum absolute atomic E-state index is 0.0297. The van der Waals surface area contributed by atoms with Crippen molar-refractivity contribution in [1.29, 1.82) is 0 Å². The van der Waals surface area contributed by atoms with Gasteiger partial charge in [0.15, 0.2) is 5.11 Å². The zero-order valence-electron chi connectivity index (χ0n) is 21.2. The number of phenols is 1. The van der Waals surface area contributed by atoms with Gasteiger partial charge < -0.3 is 31.5 Å². The zero-order valence-corrected chi connectivity index (χ0v) is 22.0. The number of benzene rings is 3. The van der Waals surface area contributed by atoms with Crippen LogP contribution in [-0.4, -0.2) is 47.0 Å². The van der Waals surface area contributed by atoms with Gasteiger partial charge in [-0.3, -0.25) is 4.79 Å². The Balaban J connectivity index is 1.74. The maximum Gasteiger partial charge on any atom is 0.255 e. The number of aromatic hydroxyl groups is 1. The molecule has 2 atom stereocenters. The fourth-order valence-corrected chi connectivity index (χ4v) is 4.09. The van der Waals surface area contributed by atoms with Crippen LogP contribution in [0.1, 0.15) is 34.0 Å². The van der Waals surface area contributed by atoms with Gasteiger partial charge in [0.1, 0.15) is 17.4 Å². The molecule has 1 amide bonds. The monoisotopic (exact) mass is 542 g/mol. The molecule has 0 aliphatic heterocycles. The molecule has 6 N–H and O–H groups in total. The summed E-state index contributed by atoms with van der Waals surface area (Å²) < 4.78 is 27.6. The summed E-state index contributed by atoms with van der Waals surface area (Å²) in [6.45, 7) is 2.66. The summed E-state index contributed by atoms with van der Waals surface area (Å²) in [6.07, 6.45) is -0.234. The molecule has 7 nitrogen and oxygen atoms in total. The minimum atomic E-state index is -1.10. The summed E-state index contributed by atoms with van der Waals surface area (Å²) in [5.74, 6) is -2.46. The highest BCUT2D eigenvalue weighted by Gasteiger charge is 2.24. The largest absolute Gasteiger partial charge is 0.507 e. The Morgan fingerprint density at radius 2 is 1.71 bits per heavy atom. The topological polar surface area (TPSA) is 106 Å². The molecule has 3 aromatic carbocycles. The van der Waals surface area contributed by atoms with Crippen molar-refractivity contribution < 1.29 is 23.8 Å². The van der Waals surface area contributed by atoms with Gasteiger partial charge in [-0.05, 0) is 66.0 Å². The van der Waals surface area contributed by atoms with Crippen LogP contribution in [0, 0.1) is 11.6 Å². The fraction of sp³-hybridized carbons (Fsp3) is 0.286. The summed E-state index contributed by atoms with van der Waals surface area (Å²) in [5, 5.41) is 33.2. The predicted octanol–water partition coefficient (Wildman–Crippen LogP) is 3.64. The number of halogens is 2. The van der Waals surface area contributed by atoms with Crippen LogP contribution in [-0.2, 0) is 19.4 Å². The van der Waals surface area contributed by atoms with Crippen LogP contribution in [0.15, 0.2) is 60.7 Å². The SMILES string of the molecule is CCc1cccc(CNC[C@H](O)[C@H](Cc2cc(F)cc(F)c2)NC(=O)c2ccc(NC(=S)NC)cc2O)c1. The number of aliphatic hydroxyl groups is 1. The Labute approximate surface area is 226 Å². The first-order chi connectivity index (χ1) is 18.2. The van der Waals surface area contributed by atoms with E-state index in [0.717, 1.165) is 30.2 Å². The first-order valence-electron chi connectivity index (χ1n) is 12.2. The van der Waals surface area contributed by atoms with Gasteiger partial charge in [0.05, 0.1) is 17.7 Å². The molecule has 3 aromatic rings. The van der Waals surface area contributed by atoms with E-state index in [1.165, 1.54) is 17.7 Å². The normalized spacial score (nSPS) is 12.4. The molecule has 10 heteroatoms. The lowest BCUT2D eigenvalue weighted by Crippen LogP contribution is -2.48. The number of aliphatic hydroxyl groups excluding tert-OH is 1. The molecule has 0 saturated heterocycles. The van der Waals surface area contributed by atoms with E-state index < -0.39 is 29.7 Å². The van der Waals surface area contributed by atoms with Crippen molar-refractivity contribution in [3.8, 4) is 5.75 Å². The average molecular weight is 543 g/mol. The Bertz CT molecular complexity index is 1250. The molecule has 38 heavy (non-hydrogen) atoms. The van der Waals surface area contributed by atoms with Crippen molar-refractivity contribution in [2.24, 2.45) is 0 Å². The van der Waals surface area contributed by atoms with Gasteiger partial charge in [-0.25, -0.2) is 8.78 Å². The number of amides is 1. The molecule has 202 valence electrons. The number of hydrogen-bond donors (Lipinski definition) is 6. The number of phenolic OH excluding ortho intramolecular Hbond substituents is 1. The molecule has 0 aromatic heterocycles. The van der Waals surface area contributed by atoms with Crippen LogP contribution in [0.3, 0.4) is 0 Å². The van der Waals surface area contributed by atoms with E-state index in [4.69, 9.17) is 12.2 Å². The minimum Gasteiger partial charge on any atom is -0.507 e. The molecule has 0 aliphatic carbocycles. The van der Waals surface area contributed by atoms with Crippen LogP contribution >= 0.6 is 12.2 Å². The average Bonchev–Trinajstić information content (AvgIpc) is 2.87. The number of anilines is 1. The predicted molar refractivity (Wildman–Crippen MR) is 148 cm³/mol. The lowest BCUT2D eigenvalue weighted by atomic mass is 9.99. The number of carbonyl (C=O) groups is 1. The Morgan fingerprint density at radius 3 is 2.37 bits per heavy atom. The van der Waals surface area contributed by atoms with Crippen molar-refractivity contribution in [3.63, 3.8) is 0 Å². The number of aryl methyl sites for hydroxylation is 1. The fourth-order valence-electron chi connectivity index (χ4n) is 3.97. The van der Waals surface area contributed by atoms with Gasteiger partial charge in [-0.15, -0.1) is 0 Å². The molecule has 0 radical (unpaired) electrons. The van der Waals surface area contributed by atoms with Crippen LogP contribution < -0.4 is 21.3 Å². The number of nitrogens with one attached hydrogen (secondary N) is 4. The molecule has 0 bridgehead atoms. The quantitative estimate of drug-likeness (QED) is 0.206. The summed E-state index contributed by atoms with van der Waals surface area (Å²) >= 11 is 5.04. The summed E-state index contributed by atoms with van der Waals surface area (Å²) in [4.78, 5) is 13.1. The lowest BCUT2D eigenvalue weighted by Gasteiger charge is -2.25. The summed E-state index contributed by atoms with van der Waals surface area (Å²) in [5.41, 5.74) is 2.95. The smallest absolute Gasteiger partial charge is 0.255 e. The third-order valence-corrected chi connectivity index (χ3v) is 6.27. The van der Waals surface area contributed by atoms with Crippen LogP contribution in [0.25, 0.3) is 0 Å². The maximum absolute atomic E-state index is 13.8. The molecule has 3 rings (SSSR count). The molecule has 0 unspecified atom stereocenters. The molecule has 0 saturated carbocycles. The number of rotatable bonds is 11. The standard InChI is InChI=1S/C28H32F2N4O3S/c1-3-17-5-4-6-18(9-17)15-32-16-26(36)24(12-19-10-20(29)13-21(30)11-19)34-27(37)23-8-7-22(14-25(23)35)33-28(38)31-2/h4-11,13-14,24,26,32,35-36H,3,12,15-16H2,1-2H3,(H,34,37)(H2,31,33,38)/t24-,26-/m0/s1. The molecular formula is C28H32F2N4O3S. The second-order valence-corrected chi connectivity index (χ2v) is 9.28. The number of carbonyl (C=O) groups excluding carboxylic acids is 1. The second-order valence-electron chi connectivity index (χ2n) is 8.87. The van der Waals surface area contributed by atoms with E-state index >= 15 is 0 Å². The van der Waals surface area contributed by atoms with Gasteiger partial charge in [0.25, 0.3) is 5.91 Å². The van der Waals surface area contributed by atoms with Crippen LogP contribution in [0.5, 0.6) is 5.75 Å². The molecule has 0 aliphatic rings. The zero-order chi connectivity index (χ0) is 27.7. The molecule has 0 heterocycles. The number of hydrogen-bond acceptors (Lipinski definition) is 5. The van der Waals surface area contributed by atoms with Gasteiger partial charge in [-0.1, -0.05) is 31.2 Å². The molecule has 0 fully saturated rings. The van der Waals surface area contributed by atoms with Crippen LogP contribution in [0.4, 0.5) is 14.5 Å². The highest BCUT2D eigenvalue weighted by atomic mass is 32.1. The third-order valence-electron chi connectivity index (χ3n) is 5.97. The Morgan fingerprint density at radius 1 is 1.00 bits per heavy atom. The van der Waals surface area contributed by atoms with Crippen LogP contribution in [0.2, 0.25) is 0 Å². The van der Waals surface area contributed by atoms with Crippen molar-refractivity contribution >= 4 is 28.9 Å². The molecule has 0 spiro atoms. The van der Waals surface area contributed by atoms with E-state index in [2.05, 4.69) is 34.3 Å². The van der Waals surface area contributed by atoms with Gasteiger partial charge in [0.2, 0.25) is 0 Å². The summed E-state index contributed by atoms with van der Waals surface area (Å²) in [7, 11) is 1.64. The first-order valence-corrected chi connectivity index (χ1v) is 12.6. The molecular weight excluding hydrogens is 510 g/mol. The summed E-state index contributed by atoms with van der Waals surface area (Å²) in [6, 6.07) is 14.5.